The Morgan fingerprint density at radius 1 is 1.00 bits per heavy atom. The van der Waals surface area contributed by atoms with Gasteiger partial charge in [-0.3, -0.25) is 9.59 Å². The first-order chi connectivity index (χ1) is 5.61. The molecule has 0 heterocycles. The van der Waals surface area contributed by atoms with E-state index in [0.717, 1.165) is 0 Å². The molecule has 0 aliphatic carbocycles. The Bertz CT molecular complexity index is 304. The molecular formula is C8H4Br2O2. The molecule has 0 aromatic heterocycles. The Morgan fingerprint density at radius 2 is 1.42 bits per heavy atom. The number of hydrogen-bond acceptors (Lipinski definition) is 2. The van der Waals surface area contributed by atoms with E-state index >= 15 is 0 Å². The van der Waals surface area contributed by atoms with Gasteiger partial charge in [0, 0.05) is 11.1 Å². The quantitative estimate of drug-likeness (QED) is 0.785. The van der Waals surface area contributed by atoms with Crippen LogP contribution in [0.15, 0.2) is 24.3 Å². The summed E-state index contributed by atoms with van der Waals surface area (Å²) in [6, 6.07) is 6.45. The van der Waals surface area contributed by atoms with Gasteiger partial charge < -0.3 is 0 Å². The van der Waals surface area contributed by atoms with E-state index in [0.29, 0.717) is 11.1 Å². The van der Waals surface area contributed by atoms with Gasteiger partial charge in [0.05, 0.1) is 0 Å². The lowest BCUT2D eigenvalue weighted by Gasteiger charge is -1.95. The van der Waals surface area contributed by atoms with Crippen molar-refractivity contribution in [2.75, 3.05) is 0 Å². The molecule has 0 amide bonds. The van der Waals surface area contributed by atoms with Gasteiger partial charge in [0.15, 0.2) is 0 Å². The molecule has 0 unspecified atom stereocenters. The van der Waals surface area contributed by atoms with Gasteiger partial charge in [0.2, 0.25) is 9.39 Å². The van der Waals surface area contributed by atoms with Crippen molar-refractivity contribution < 1.29 is 9.59 Å². The van der Waals surface area contributed by atoms with Gasteiger partial charge in [-0.1, -0.05) is 18.2 Å². The van der Waals surface area contributed by atoms with Crippen LogP contribution in [0.4, 0.5) is 0 Å². The Hall–Kier alpha value is -0.480. The second-order valence-electron chi connectivity index (χ2n) is 2.13. The van der Waals surface area contributed by atoms with Crippen molar-refractivity contribution in [2.45, 2.75) is 0 Å². The highest BCUT2D eigenvalue weighted by Gasteiger charge is 2.04. The molecule has 0 bridgehead atoms. The Morgan fingerprint density at radius 3 is 1.75 bits per heavy atom. The molecule has 0 radical (unpaired) electrons. The molecule has 0 N–H and O–H groups in total. The van der Waals surface area contributed by atoms with E-state index in [1.807, 2.05) is 0 Å². The standard InChI is InChI=1S/C8H4Br2O2/c9-7(11)5-2-1-3-6(4-5)8(10)12/h1-4H. The SMILES string of the molecule is O=C(Br)c1cccc(C(=O)Br)c1. The van der Waals surface area contributed by atoms with Crippen molar-refractivity contribution in [1.29, 1.82) is 0 Å². The third-order valence-electron chi connectivity index (χ3n) is 1.32. The van der Waals surface area contributed by atoms with Gasteiger partial charge in [0.25, 0.3) is 0 Å². The summed E-state index contributed by atoms with van der Waals surface area (Å²) >= 11 is 5.60. The van der Waals surface area contributed by atoms with Gasteiger partial charge in [-0.15, -0.1) is 0 Å². The smallest absolute Gasteiger partial charge is 0.228 e. The van der Waals surface area contributed by atoms with Crippen LogP contribution in [-0.2, 0) is 0 Å². The van der Waals surface area contributed by atoms with Gasteiger partial charge in [0.1, 0.15) is 0 Å². The summed E-state index contributed by atoms with van der Waals surface area (Å²) in [6.45, 7) is 0. The first-order valence-corrected chi connectivity index (χ1v) is 4.69. The molecule has 0 atom stereocenters. The number of carbonyl (C=O) groups is 2. The summed E-state index contributed by atoms with van der Waals surface area (Å²) in [6.07, 6.45) is 0. The van der Waals surface area contributed by atoms with Gasteiger partial charge >= 0.3 is 0 Å². The van der Waals surface area contributed by atoms with Crippen molar-refractivity contribution in [3.63, 3.8) is 0 Å². The lowest BCUT2D eigenvalue weighted by Crippen LogP contribution is -1.92. The number of halogens is 2. The van der Waals surface area contributed by atoms with Crippen LogP contribution in [0.25, 0.3) is 0 Å². The molecule has 1 aromatic rings. The Balaban J connectivity index is 3.12. The maximum atomic E-state index is 10.8. The minimum absolute atomic E-state index is 0.224. The molecule has 0 saturated carbocycles. The van der Waals surface area contributed by atoms with E-state index in [1.54, 1.807) is 18.2 Å². The van der Waals surface area contributed by atoms with Crippen molar-refractivity contribution in [3.05, 3.63) is 35.4 Å². The van der Waals surface area contributed by atoms with Gasteiger partial charge in [-0.25, -0.2) is 0 Å². The number of benzene rings is 1. The first-order valence-electron chi connectivity index (χ1n) is 3.11. The average molecular weight is 292 g/mol. The molecule has 1 rings (SSSR count). The molecule has 12 heavy (non-hydrogen) atoms. The average Bonchev–Trinajstić information content (AvgIpc) is 2.04. The molecule has 1 aromatic carbocycles. The zero-order valence-electron chi connectivity index (χ0n) is 5.88. The minimum atomic E-state index is -0.224. The van der Waals surface area contributed by atoms with Crippen LogP contribution in [0.1, 0.15) is 20.7 Å². The molecule has 0 spiro atoms. The number of hydrogen-bond donors (Lipinski definition) is 0. The zero-order valence-corrected chi connectivity index (χ0v) is 9.05. The molecule has 62 valence electrons. The zero-order chi connectivity index (χ0) is 9.14. The van der Waals surface area contributed by atoms with Crippen molar-refractivity contribution in [3.8, 4) is 0 Å². The van der Waals surface area contributed by atoms with Crippen molar-refractivity contribution >= 4 is 41.2 Å². The molecule has 0 aliphatic heterocycles. The second kappa shape index (κ2) is 3.96. The number of rotatable bonds is 2. The Kier molecular flexibility index (Phi) is 3.17. The summed E-state index contributed by atoms with van der Waals surface area (Å²) in [5, 5.41) is 0. The predicted octanol–water partition coefficient (Wildman–Crippen LogP) is 2.76. The van der Waals surface area contributed by atoms with E-state index in [4.69, 9.17) is 0 Å². The van der Waals surface area contributed by atoms with E-state index in [2.05, 4.69) is 31.9 Å². The van der Waals surface area contributed by atoms with Gasteiger partial charge in [-0.05, 0) is 37.9 Å². The summed E-state index contributed by atoms with van der Waals surface area (Å²) in [5.74, 6) is 0. The summed E-state index contributed by atoms with van der Waals surface area (Å²) < 4.78 is -0.448. The summed E-state index contributed by atoms with van der Waals surface area (Å²) in [5.41, 5.74) is 0.945. The largest absolute Gasteiger partial charge is 0.281 e. The van der Waals surface area contributed by atoms with Crippen LogP contribution in [-0.4, -0.2) is 9.39 Å². The molecule has 0 saturated heterocycles. The van der Waals surface area contributed by atoms with Crippen LogP contribution in [0.5, 0.6) is 0 Å². The van der Waals surface area contributed by atoms with Crippen LogP contribution >= 0.6 is 31.9 Å². The molecule has 4 heteroatoms. The van der Waals surface area contributed by atoms with E-state index < -0.39 is 0 Å². The fourth-order valence-electron chi connectivity index (χ4n) is 0.764. The lowest BCUT2D eigenvalue weighted by atomic mass is 10.1. The fraction of sp³-hybridized carbons (Fsp3) is 0. The van der Waals surface area contributed by atoms with Crippen LogP contribution < -0.4 is 0 Å². The monoisotopic (exact) mass is 290 g/mol. The Labute approximate surface area is 86.2 Å². The highest BCUT2D eigenvalue weighted by molar-refractivity contribution is 9.18. The van der Waals surface area contributed by atoms with Crippen LogP contribution in [0, 0.1) is 0 Å². The van der Waals surface area contributed by atoms with Crippen molar-refractivity contribution in [2.24, 2.45) is 0 Å². The summed E-state index contributed by atoms with van der Waals surface area (Å²) in [4.78, 5) is 21.6. The van der Waals surface area contributed by atoms with Crippen LogP contribution in [0.2, 0.25) is 0 Å². The molecule has 0 aliphatic rings. The van der Waals surface area contributed by atoms with Crippen molar-refractivity contribution in [1.82, 2.24) is 0 Å². The lowest BCUT2D eigenvalue weighted by molar-refractivity contribution is 0.109. The maximum absolute atomic E-state index is 10.8. The van der Waals surface area contributed by atoms with E-state index in [-0.39, 0.29) is 9.39 Å². The predicted molar refractivity (Wildman–Crippen MR) is 53.0 cm³/mol. The summed E-state index contributed by atoms with van der Waals surface area (Å²) in [7, 11) is 0. The molecule has 2 nitrogen and oxygen atoms in total. The third kappa shape index (κ3) is 2.25. The highest BCUT2D eigenvalue weighted by Crippen LogP contribution is 2.11. The highest BCUT2D eigenvalue weighted by atomic mass is 79.9. The normalized spacial score (nSPS) is 9.50. The van der Waals surface area contributed by atoms with E-state index in [9.17, 15) is 9.59 Å². The minimum Gasteiger partial charge on any atom is -0.281 e. The molecule has 0 fully saturated rings. The second-order valence-corrected chi connectivity index (χ2v) is 3.57. The molecular weight excluding hydrogens is 288 g/mol. The van der Waals surface area contributed by atoms with Gasteiger partial charge in [-0.2, -0.15) is 0 Å². The topological polar surface area (TPSA) is 34.1 Å². The number of carbonyl (C=O) groups excluding carboxylic acids is 2. The first kappa shape index (κ1) is 9.61. The third-order valence-corrected chi connectivity index (χ3v) is 2.23. The van der Waals surface area contributed by atoms with E-state index in [1.165, 1.54) is 6.07 Å². The van der Waals surface area contributed by atoms with Crippen LogP contribution in [0.3, 0.4) is 0 Å². The fourth-order valence-corrected chi connectivity index (χ4v) is 1.26. The maximum Gasteiger partial charge on any atom is 0.228 e.